The van der Waals surface area contributed by atoms with Crippen molar-refractivity contribution in [2.24, 2.45) is 11.3 Å². The second kappa shape index (κ2) is 15.4. The normalized spacial score (nSPS) is 17.2. The summed E-state index contributed by atoms with van der Waals surface area (Å²) in [6, 6.07) is -0.375. The van der Waals surface area contributed by atoms with E-state index in [2.05, 4.69) is 46.1 Å². The van der Waals surface area contributed by atoms with E-state index >= 15 is 0 Å². The van der Waals surface area contributed by atoms with Crippen LogP contribution in [0.25, 0.3) is 0 Å². The van der Waals surface area contributed by atoms with E-state index in [1.165, 1.54) is 0 Å². The van der Waals surface area contributed by atoms with Crippen molar-refractivity contribution in [3.8, 4) is 0 Å². The lowest BCUT2D eigenvalue weighted by molar-refractivity contribution is -0.162. The van der Waals surface area contributed by atoms with Gasteiger partial charge in [-0.2, -0.15) is 0 Å². The van der Waals surface area contributed by atoms with Gasteiger partial charge in [-0.05, 0) is 77.9 Å². The number of hydrogen-bond donors (Lipinski definition) is 1. The van der Waals surface area contributed by atoms with Crippen molar-refractivity contribution in [3.63, 3.8) is 0 Å². The SMILES string of the molecule is C.CCC[C@H](CC1(C(=O)N[C@H](CCO[Si](C)(C)C(C)(C)C)CC(=O)OCC)CCCC1)C(=O)OC(C)(C)C. The van der Waals surface area contributed by atoms with Gasteiger partial charge in [0.25, 0.3) is 0 Å². The second-order valence-electron chi connectivity index (χ2n) is 13.3. The fourth-order valence-electron chi connectivity index (χ4n) is 4.74. The summed E-state index contributed by atoms with van der Waals surface area (Å²) in [6.45, 7) is 21.2. The van der Waals surface area contributed by atoms with Crippen LogP contribution >= 0.6 is 0 Å². The van der Waals surface area contributed by atoms with E-state index < -0.39 is 19.3 Å². The van der Waals surface area contributed by atoms with Gasteiger partial charge in [-0.3, -0.25) is 14.4 Å². The summed E-state index contributed by atoms with van der Waals surface area (Å²) in [7, 11) is -1.95. The molecule has 0 saturated heterocycles. The molecule has 0 aromatic carbocycles. The second-order valence-corrected chi connectivity index (χ2v) is 18.1. The molecule has 0 aromatic rings. The number of hydrogen-bond acceptors (Lipinski definition) is 6. The summed E-state index contributed by atoms with van der Waals surface area (Å²) < 4.78 is 17.3. The van der Waals surface area contributed by atoms with Crippen molar-refractivity contribution >= 4 is 26.2 Å². The van der Waals surface area contributed by atoms with Gasteiger partial charge >= 0.3 is 11.9 Å². The molecule has 1 saturated carbocycles. The summed E-state index contributed by atoms with van der Waals surface area (Å²) >= 11 is 0. The molecule has 1 N–H and O–H groups in total. The summed E-state index contributed by atoms with van der Waals surface area (Å²) in [5, 5.41) is 3.27. The lowest BCUT2D eigenvalue weighted by Crippen LogP contribution is -2.48. The molecule has 0 aromatic heterocycles. The Morgan fingerprint density at radius 1 is 0.974 bits per heavy atom. The van der Waals surface area contributed by atoms with E-state index in [9.17, 15) is 14.4 Å². The Kier molecular flexibility index (Phi) is 14.8. The van der Waals surface area contributed by atoms with E-state index in [0.717, 1.165) is 32.1 Å². The van der Waals surface area contributed by atoms with Crippen LogP contribution in [0.2, 0.25) is 18.1 Å². The maximum atomic E-state index is 13.8. The molecule has 0 unspecified atom stereocenters. The van der Waals surface area contributed by atoms with Crippen LogP contribution in [-0.4, -0.2) is 51.0 Å². The Hall–Kier alpha value is -1.41. The van der Waals surface area contributed by atoms with E-state index in [1.54, 1.807) is 6.92 Å². The van der Waals surface area contributed by atoms with E-state index in [0.29, 0.717) is 32.5 Å². The average Bonchev–Trinajstić information content (AvgIpc) is 3.21. The maximum Gasteiger partial charge on any atom is 0.309 e. The third-order valence-corrected chi connectivity index (χ3v) is 12.4. The van der Waals surface area contributed by atoms with Crippen LogP contribution in [0.1, 0.15) is 121 Å². The third kappa shape index (κ3) is 11.8. The number of esters is 2. The van der Waals surface area contributed by atoms with Gasteiger partial charge in [0, 0.05) is 12.6 Å². The Labute approximate surface area is 234 Å². The van der Waals surface area contributed by atoms with Crippen LogP contribution in [0.4, 0.5) is 0 Å². The van der Waals surface area contributed by atoms with Crippen LogP contribution in [0.3, 0.4) is 0 Å². The predicted molar refractivity (Wildman–Crippen MR) is 157 cm³/mol. The molecule has 8 heteroatoms. The smallest absolute Gasteiger partial charge is 0.309 e. The fourth-order valence-corrected chi connectivity index (χ4v) is 5.80. The highest BCUT2D eigenvalue weighted by molar-refractivity contribution is 6.74. The Morgan fingerprint density at radius 3 is 2.03 bits per heavy atom. The summed E-state index contributed by atoms with van der Waals surface area (Å²) in [4.78, 5) is 39.2. The lowest BCUT2D eigenvalue weighted by Gasteiger charge is -2.37. The molecule has 1 amide bonds. The number of ether oxygens (including phenoxy) is 2. The van der Waals surface area contributed by atoms with Crippen LogP contribution < -0.4 is 5.32 Å². The van der Waals surface area contributed by atoms with Gasteiger partial charge in [0.1, 0.15) is 5.60 Å². The zero-order chi connectivity index (χ0) is 28.5. The van der Waals surface area contributed by atoms with Crippen molar-refractivity contribution in [2.75, 3.05) is 13.2 Å². The minimum absolute atomic E-state index is 0. The van der Waals surface area contributed by atoms with Crippen LogP contribution in [0, 0.1) is 11.3 Å². The molecule has 1 aliphatic carbocycles. The molecule has 2 atom stereocenters. The molecule has 1 rings (SSSR count). The van der Waals surface area contributed by atoms with Crippen LogP contribution in [-0.2, 0) is 28.3 Å². The Balaban J connectivity index is 0.0000137. The van der Waals surface area contributed by atoms with Gasteiger partial charge in [-0.15, -0.1) is 0 Å². The molecule has 0 aliphatic heterocycles. The van der Waals surface area contributed by atoms with Crippen molar-refractivity contribution in [2.45, 2.75) is 150 Å². The van der Waals surface area contributed by atoms with Crippen molar-refractivity contribution in [3.05, 3.63) is 0 Å². The van der Waals surface area contributed by atoms with Gasteiger partial charge in [-0.25, -0.2) is 0 Å². The summed E-state index contributed by atoms with van der Waals surface area (Å²) in [5.74, 6) is -0.924. The summed E-state index contributed by atoms with van der Waals surface area (Å²) in [6.07, 6.45) is 6.07. The van der Waals surface area contributed by atoms with Gasteiger partial charge in [-0.1, -0.05) is 54.4 Å². The molecular weight excluding hydrogens is 498 g/mol. The molecule has 7 nitrogen and oxygen atoms in total. The van der Waals surface area contributed by atoms with Crippen molar-refractivity contribution < 1.29 is 28.3 Å². The zero-order valence-electron chi connectivity index (χ0n) is 25.4. The quantitative estimate of drug-likeness (QED) is 0.180. The standard InChI is InChI=1S/C29H55NO6Si.CH4/c1-11-15-22(25(32)36-27(3,4)5)21-29(17-13-14-18-29)26(33)30-23(20-24(31)34-12-2)16-19-35-37(9,10)28(6,7)8;/h22-23H,11-21H2,1-10H3,(H,30,33);1H4/t22-,23-;/m1./s1. The predicted octanol–water partition coefficient (Wildman–Crippen LogP) is 7.18. The third-order valence-electron chi connectivity index (χ3n) is 7.85. The average molecular weight is 558 g/mol. The van der Waals surface area contributed by atoms with Gasteiger partial charge < -0.3 is 19.2 Å². The van der Waals surface area contributed by atoms with E-state index in [4.69, 9.17) is 13.9 Å². The molecule has 38 heavy (non-hydrogen) atoms. The molecule has 0 heterocycles. The number of carbonyl (C=O) groups is 3. The minimum atomic E-state index is -1.95. The Morgan fingerprint density at radius 2 is 1.55 bits per heavy atom. The van der Waals surface area contributed by atoms with Gasteiger partial charge in [0.05, 0.1) is 24.4 Å². The van der Waals surface area contributed by atoms with Crippen molar-refractivity contribution in [1.82, 2.24) is 5.32 Å². The molecular formula is C30H59NO6Si. The first-order valence-corrected chi connectivity index (χ1v) is 17.2. The minimum Gasteiger partial charge on any atom is -0.466 e. The first kappa shape index (κ1) is 36.6. The number of carbonyl (C=O) groups excluding carboxylic acids is 3. The first-order chi connectivity index (χ1) is 17.0. The van der Waals surface area contributed by atoms with E-state index in [1.807, 2.05) is 20.8 Å². The highest BCUT2D eigenvalue weighted by Gasteiger charge is 2.45. The highest BCUT2D eigenvalue weighted by Crippen LogP contribution is 2.45. The highest BCUT2D eigenvalue weighted by atomic mass is 28.4. The molecule has 1 fully saturated rings. The monoisotopic (exact) mass is 557 g/mol. The molecule has 0 spiro atoms. The van der Waals surface area contributed by atoms with E-state index in [-0.39, 0.29) is 48.7 Å². The maximum absolute atomic E-state index is 13.8. The topological polar surface area (TPSA) is 90.9 Å². The number of nitrogens with one attached hydrogen (secondary N) is 1. The van der Waals surface area contributed by atoms with Gasteiger partial charge in [0.15, 0.2) is 8.32 Å². The van der Waals surface area contributed by atoms with Crippen LogP contribution in [0.15, 0.2) is 0 Å². The molecule has 0 radical (unpaired) electrons. The molecule has 1 aliphatic rings. The number of amides is 1. The Bertz CT molecular complexity index is 747. The molecule has 224 valence electrons. The molecule has 0 bridgehead atoms. The largest absolute Gasteiger partial charge is 0.466 e. The zero-order valence-corrected chi connectivity index (χ0v) is 26.4. The fraction of sp³-hybridized carbons (Fsp3) is 0.900. The van der Waals surface area contributed by atoms with Gasteiger partial charge in [0.2, 0.25) is 5.91 Å². The first-order valence-electron chi connectivity index (χ1n) is 14.3. The lowest BCUT2D eigenvalue weighted by atomic mass is 9.75. The van der Waals surface area contributed by atoms with Crippen molar-refractivity contribution in [1.29, 1.82) is 0 Å². The van der Waals surface area contributed by atoms with Crippen LogP contribution in [0.5, 0.6) is 0 Å². The number of rotatable bonds is 14. The summed E-state index contributed by atoms with van der Waals surface area (Å²) in [5.41, 5.74) is -1.19.